The predicted molar refractivity (Wildman–Crippen MR) is 54.0 cm³/mol. The van der Waals surface area contributed by atoms with Gasteiger partial charge in [-0.25, -0.2) is 0 Å². The molecular weight excluding hydrogens is 200 g/mol. The lowest BCUT2D eigenvalue weighted by Crippen LogP contribution is -2.11. The maximum absolute atomic E-state index is 5.68. The van der Waals surface area contributed by atoms with Crippen LogP contribution in [0.15, 0.2) is 42.7 Å². The molecule has 0 radical (unpaired) electrons. The number of aromatic nitrogens is 2. The lowest BCUT2D eigenvalue weighted by molar-refractivity contribution is 0.0701. The van der Waals surface area contributed by atoms with Gasteiger partial charge in [0.15, 0.2) is 0 Å². The van der Waals surface area contributed by atoms with Gasteiger partial charge in [0.1, 0.15) is 6.61 Å². The first-order valence-corrected chi connectivity index (χ1v) is 4.60. The summed E-state index contributed by atoms with van der Waals surface area (Å²) >= 11 is 5.68. The zero-order valence-electron chi connectivity index (χ0n) is 7.43. The number of nitrogens with zero attached hydrogens (tertiary/aromatic N) is 2. The number of benzene rings is 1. The smallest absolute Gasteiger partial charge is 0.142 e. The first-order valence-electron chi connectivity index (χ1n) is 4.22. The minimum atomic E-state index is 0.485. The number of halogens is 1. The molecule has 0 atom stereocenters. The molecule has 72 valence electrons. The van der Waals surface area contributed by atoms with Crippen LogP contribution in [0.1, 0.15) is 5.56 Å². The molecule has 0 N–H and O–H groups in total. The first-order chi connectivity index (χ1) is 6.84. The van der Waals surface area contributed by atoms with Gasteiger partial charge in [-0.2, -0.15) is 0 Å². The Bertz CT molecular complexity index is 400. The van der Waals surface area contributed by atoms with Crippen molar-refractivity contribution in [1.29, 1.82) is 0 Å². The average molecular weight is 209 g/mol. The Morgan fingerprint density at radius 1 is 1.29 bits per heavy atom. The van der Waals surface area contributed by atoms with Gasteiger partial charge in [0.05, 0.1) is 17.4 Å². The van der Waals surface area contributed by atoms with E-state index in [1.165, 1.54) is 11.0 Å². The molecule has 0 saturated carbocycles. The molecule has 2 rings (SSSR count). The molecular formula is C10H9ClN2O. The molecule has 0 spiro atoms. The van der Waals surface area contributed by atoms with Gasteiger partial charge in [-0.3, -0.25) is 0 Å². The van der Waals surface area contributed by atoms with E-state index >= 15 is 0 Å². The van der Waals surface area contributed by atoms with Crippen LogP contribution < -0.4 is 4.84 Å². The number of rotatable bonds is 3. The molecule has 4 heteroatoms. The molecule has 0 bridgehead atoms. The number of hydrogen-bond acceptors (Lipinski definition) is 2. The van der Waals surface area contributed by atoms with Crippen LogP contribution in [-0.2, 0) is 6.61 Å². The zero-order valence-corrected chi connectivity index (χ0v) is 8.19. The van der Waals surface area contributed by atoms with E-state index in [0.717, 1.165) is 5.56 Å². The molecule has 1 heterocycles. The lowest BCUT2D eigenvalue weighted by Gasteiger charge is -2.03. The van der Waals surface area contributed by atoms with Crippen molar-refractivity contribution in [2.24, 2.45) is 0 Å². The van der Waals surface area contributed by atoms with Crippen molar-refractivity contribution in [1.82, 2.24) is 9.94 Å². The summed E-state index contributed by atoms with van der Waals surface area (Å²) in [6.45, 7) is 0.485. The molecule has 0 aliphatic heterocycles. The van der Waals surface area contributed by atoms with E-state index in [0.29, 0.717) is 11.6 Å². The minimum Gasteiger partial charge on any atom is -0.392 e. The highest BCUT2D eigenvalue weighted by atomic mass is 35.5. The van der Waals surface area contributed by atoms with Gasteiger partial charge in [0.25, 0.3) is 0 Å². The second kappa shape index (κ2) is 4.15. The van der Waals surface area contributed by atoms with Crippen LogP contribution in [-0.4, -0.2) is 9.94 Å². The van der Waals surface area contributed by atoms with Crippen molar-refractivity contribution in [2.45, 2.75) is 6.61 Å². The largest absolute Gasteiger partial charge is 0.392 e. The molecule has 3 nitrogen and oxygen atoms in total. The van der Waals surface area contributed by atoms with Gasteiger partial charge < -0.3 is 4.84 Å². The molecule has 14 heavy (non-hydrogen) atoms. The molecule has 1 aromatic carbocycles. The lowest BCUT2D eigenvalue weighted by atomic mass is 10.2. The highest BCUT2D eigenvalue weighted by molar-refractivity contribution is 6.30. The third kappa shape index (κ3) is 2.26. The Hall–Kier alpha value is -1.48. The van der Waals surface area contributed by atoms with Gasteiger partial charge in [-0.1, -0.05) is 41.9 Å². The van der Waals surface area contributed by atoms with E-state index in [1.807, 2.05) is 30.3 Å². The fraction of sp³-hybridized carbons (Fsp3) is 0.100. The van der Waals surface area contributed by atoms with Crippen molar-refractivity contribution >= 4 is 11.6 Å². The van der Waals surface area contributed by atoms with Crippen LogP contribution in [0.5, 0.6) is 0 Å². The van der Waals surface area contributed by atoms with Crippen molar-refractivity contribution in [3.05, 3.63) is 53.3 Å². The Labute approximate surface area is 86.8 Å². The predicted octanol–water partition coefficient (Wildman–Crippen LogP) is 2.17. The molecule has 0 saturated heterocycles. The summed E-state index contributed by atoms with van der Waals surface area (Å²) in [7, 11) is 0. The van der Waals surface area contributed by atoms with Gasteiger partial charge in [0, 0.05) is 0 Å². The summed E-state index contributed by atoms with van der Waals surface area (Å²) in [6.07, 6.45) is 3.15. The van der Waals surface area contributed by atoms with Crippen LogP contribution in [0.25, 0.3) is 0 Å². The fourth-order valence-electron chi connectivity index (χ4n) is 1.07. The van der Waals surface area contributed by atoms with E-state index in [-0.39, 0.29) is 0 Å². The maximum Gasteiger partial charge on any atom is 0.142 e. The Morgan fingerprint density at radius 3 is 2.71 bits per heavy atom. The fourth-order valence-corrected chi connectivity index (χ4v) is 1.20. The summed E-state index contributed by atoms with van der Waals surface area (Å²) in [5.41, 5.74) is 1.10. The van der Waals surface area contributed by atoms with Crippen LogP contribution >= 0.6 is 11.6 Å². The highest BCUT2D eigenvalue weighted by Crippen LogP contribution is 2.04. The molecule has 0 amide bonds. The Balaban J connectivity index is 1.95. The SMILES string of the molecule is Clc1cnn(OCc2ccccc2)c1. The van der Waals surface area contributed by atoms with Crippen LogP contribution in [0, 0.1) is 0 Å². The standard InChI is InChI=1S/C10H9ClN2O/c11-10-6-12-13(7-10)14-8-9-4-2-1-3-5-9/h1-7H,8H2. The summed E-state index contributed by atoms with van der Waals surface area (Å²) in [6, 6.07) is 9.88. The maximum atomic E-state index is 5.68. The van der Waals surface area contributed by atoms with E-state index in [1.54, 1.807) is 6.20 Å². The normalized spacial score (nSPS) is 10.1. The zero-order chi connectivity index (χ0) is 9.80. The van der Waals surface area contributed by atoms with Crippen molar-refractivity contribution in [3.63, 3.8) is 0 Å². The Kier molecular flexibility index (Phi) is 2.70. The second-order valence-electron chi connectivity index (χ2n) is 2.82. The highest BCUT2D eigenvalue weighted by Gasteiger charge is 1.96. The van der Waals surface area contributed by atoms with Crippen molar-refractivity contribution < 1.29 is 4.84 Å². The Morgan fingerprint density at radius 2 is 2.07 bits per heavy atom. The summed E-state index contributed by atoms with van der Waals surface area (Å²) in [4.78, 5) is 6.69. The summed E-state index contributed by atoms with van der Waals surface area (Å²) < 4.78 is 0. The topological polar surface area (TPSA) is 27.1 Å². The minimum absolute atomic E-state index is 0.485. The van der Waals surface area contributed by atoms with Gasteiger partial charge >= 0.3 is 0 Å². The van der Waals surface area contributed by atoms with Crippen LogP contribution in [0.3, 0.4) is 0 Å². The molecule has 0 fully saturated rings. The van der Waals surface area contributed by atoms with E-state index in [2.05, 4.69) is 5.10 Å². The molecule has 1 aromatic heterocycles. The molecule has 2 aromatic rings. The van der Waals surface area contributed by atoms with Crippen LogP contribution in [0.4, 0.5) is 0 Å². The third-order valence-electron chi connectivity index (χ3n) is 1.73. The molecule has 0 unspecified atom stereocenters. The van der Waals surface area contributed by atoms with Gasteiger partial charge in [-0.15, -0.1) is 9.94 Å². The summed E-state index contributed by atoms with van der Waals surface area (Å²) in [5.74, 6) is 0. The molecule has 0 aliphatic rings. The second-order valence-corrected chi connectivity index (χ2v) is 3.26. The van der Waals surface area contributed by atoms with E-state index in [9.17, 15) is 0 Å². The van der Waals surface area contributed by atoms with Crippen LogP contribution in [0.2, 0.25) is 5.02 Å². The molecule has 0 aliphatic carbocycles. The van der Waals surface area contributed by atoms with Crippen molar-refractivity contribution in [2.75, 3.05) is 0 Å². The third-order valence-corrected chi connectivity index (χ3v) is 1.93. The summed E-state index contributed by atoms with van der Waals surface area (Å²) in [5, 5.41) is 4.46. The van der Waals surface area contributed by atoms with Crippen molar-refractivity contribution in [3.8, 4) is 0 Å². The van der Waals surface area contributed by atoms with Gasteiger partial charge in [0.2, 0.25) is 0 Å². The van der Waals surface area contributed by atoms with Gasteiger partial charge in [-0.05, 0) is 5.56 Å². The first kappa shape index (κ1) is 9.09. The van der Waals surface area contributed by atoms with E-state index < -0.39 is 0 Å². The van der Waals surface area contributed by atoms with E-state index in [4.69, 9.17) is 16.4 Å². The number of hydrogen-bond donors (Lipinski definition) is 0. The quantitative estimate of drug-likeness (QED) is 0.773. The monoisotopic (exact) mass is 208 g/mol. The average Bonchev–Trinajstić information content (AvgIpc) is 2.63.